The third-order valence-electron chi connectivity index (χ3n) is 5.47. The molecule has 13 heteroatoms. The standard InChI is InChI=1S/C23H32N8O5/c1-23(2,24)22(35)27-17(14-36-13-15-7-4-3-5-8-15)21-28-29-30-31(21)10-6-9-25-19(33)11-16-18(32)12-20(34)26-16/h3-5,7-8,16-17H,6,9-14,24H2,1-2H3,(H,25,33)(H,26,34)(H,27,35)/t16?,17-/m1/s1. The number of aromatic nitrogens is 4. The van der Waals surface area contributed by atoms with Gasteiger partial charge < -0.3 is 26.4 Å². The Morgan fingerprint density at radius 1 is 1.28 bits per heavy atom. The lowest BCUT2D eigenvalue weighted by atomic mass is 10.1. The largest absolute Gasteiger partial charge is 0.374 e. The zero-order valence-electron chi connectivity index (χ0n) is 20.4. The molecule has 0 aliphatic carbocycles. The van der Waals surface area contributed by atoms with E-state index in [0.29, 0.717) is 31.9 Å². The molecule has 5 N–H and O–H groups in total. The number of nitrogens with one attached hydrogen (secondary N) is 3. The first-order valence-corrected chi connectivity index (χ1v) is 11.7. The number of aryl methyl sites for hydroxylation is 1. The molecular formula is C23H32N8O5. The van der Waals surface area contributed by atoms with Crippen LogP contribution in [-0.2, 0) is 37.1 Å². The summed E-state index contributed by atoms with van der Waals surface area (Å²) in [6.45, 7) is 4.33. The van der Waals surface area contributed by atoms with Gasteiger partial charge in [-0.05, 0) is 36.3 Å². The van der Waals surface area contributed by atoms with Crippen LogP contribution in [0.5, 0.6) is 0 Å². The van der Waals surface area contributed by atoms with E-state index in [-0.39, 0.29) is 43.0 Å². The summed E-state index contributed by atoms with van der Waals surface area (Å²) in [5.41, 5.74) is 5.82. The van der Waals surface area contributed by atoms with Gasteiger partial charge in [0.2, 0.25) is 17.7 Å². The second-order valence-corrected chi connectivity index (χ2v) is 9.18. The van der Waals surface area contributed by atoms with Crippen molar-refractivity contribution in [1.29, 1.82) is 0 Å². The minimum absolute atomic E-state index is 0.0948. The molecule has 2 heterocycles. The summed E-state index contributed by atoms with van der Waals surface area (Å²) >= 11 is 0. The van der Waals surface area contributed by atoms with Crippen molar-refractivity contribution in [3.05, 3.63) is 41.7 Å². The number of nitrogens with zero attached hydrogens (tertiary/aromatic N) is 4. The van der Waals surface area contributed by atoms with Crippen molar-refractivity contribution < 1.29 is 23.9 Å². The highest BCUT2D eigenvalue weighted by molar-refractivity contribution is 6.08. The molecule has 1 saturated heterocycles. The molecule has 2 aromatic rings. The lowest BCUT2D eigenvalue weighted by Gasteiger charge is -2.24. The molecule has 194 valence electrons. The molecular weight excluding hydrogens is 468 g/mol. The molecule has 0 spiro atoms. The Hall–Kier alpha value is -3.71. The summed E-state index contributed by atoms with van der Waals surface area (Å²) in [4.78, 5) is 47.6. The third-order valence-corrected chi connectivity index (χ3v) is 5.47. The zero-order chi connectivity index (χ0) is 26.1. The molecule has 36 heavy (non-hydrogen) atoms. The van der Waals surface area contributed by atoms with Crippen molar-refractivity contribution in [2.45, 2.75) is 63.9 Å². The minimum atomic E-state index is -1.11. The highest BCUT2D eigenvalue weighted by Gasteiger charge is 2.31. The van der Waals surface area contributed by atoms with Gasteiger partial charge in [-0.15, -0.1) is 5.10 Å². The molecule has 0 saturated carbocycles. The van der Waals surface area contributed by atoms with Crippen LogP contribution in [0.25, 0.3) is 0 Å². The van der Waals surface area contributed by atoms with E-state index in [0.717, 1.165) is 5.56 Å². The highest BCUT2D eigenvalue weighted by atomic mass is 16.5. The van der Waals surface area contributed by atoms with Crippen LogP contribution in [-0.4, -0.2) is 68.4 Å². The number of amides is 3. The monoisotopic (exact) mass is 500 g/mol. The van der Waals surface area contributed by atoms with E-state index in [2.05, 4.69) is 31.5 Å². The number of ether oxygens (including phenoxy) is 1. The SMILES string of the molecule is CC(C)(N)C(=O)N[C@H](COCc1ccccc1)c1nnnn1CCCNC(=O)CC1NC(=O)CC1=O. The second kappa shape index (κ2) is 12.3. The van der Waals surface area contributed by atoms with Crippen LogP contribution in [0.2, 0.25) is 0 Å². The van der Waals surface area contributed by atoms with Crippen molar-refractivity contribution in [2.75, 3.05) is 13.2 Å². The molecule has 13 nitrogen and oxygen atoms in total. The molecule has 1 aromatic carbocycles. The van der Waals surface area contributed by atoms with Gasteiger partial charge in [-0.25, -0.2) is 4.68 Å². The number of carbonyl (C=O) groups is 4. The minimum Gasteiger partial charge on any atom is -0.374 e. The fraction of sp³-hybridized carbons (Fsp3) is 0.522. The van der Waals surface area contributed by atoms with Gasteiger partial charge in [0.05, 0.1) is 37.6 Å². The highest BCUT2D eigenvalue weighted by Crippen LogP contribution is 2.14. The van der Waals surface area contributed by atoms with Crippen LogP contribution in [0.4, 0.5) is 0 Å². The van der Waals surface area contributed by atoms with Gasteiger partial charge in [-0.3, -0.25) is 19.2 Å². The number of hydrogen-bond donors (Lipinski definition) is 4. The summed E-state index contributed by atoms with van der Waals surface area (Å²) in [7, 11) is 0. The van der Waals surface area contributed by atoms with Crippen LogP contribution >= 0.6 is 0 Å². The quantitative estimate of drug-likeness (QED) is 0.201. The first-order chi connectivity index (χ1) is 17.1. The smallest absolute Gasteiger partial charge is 0.240 e. The van der Waals surface area contributed by atoms with Crippen molar-refractivity contribution in [3.8, 4) is 0 Å². The van der Waals surface area contributed by atoms with Crippen LogP contribution in [0.3, 0.4) is 0 Å². The Balaban J connectivity index is 1.54. The first-order valence-electron chi connectivity index (χ1n) is 11.7. The zero-order valence-corrected chi connectivity index (χ0v) is 20.4. The Morgan fingerprint density at radius 2 is 2.03 bits per heavy atom. The lowest BCUT2D eigenvalue weighted by Crippen LogP contribution is -2.51. The van der Waals surface area contributed by atoms with E-state index in [4.69, 9.17) is 10.5 Å². The molecule has 1 unspecified atom stereocenters. The van der Waals surface area contributed by atoms with Crippen molar-refractivity contribution in [2.24, 2.45) is 5.73 Å². The predicted molar refractivity (Wildman–Crippen MR) is 127 cm³/mol. The van der Waals surface area contributed by atoms with E-state index in [1.54, 1.807) is 13.8 Å². The maximum atomic E-state index is 12.6. The predicted octanol–water partition coefficient (Wildman–Crippen LogP) is -0.861. The maximum Gasteiger partial charge on any atom is 0.240 e. The van der Waals surface area contributed by atoms with Gasteiger partial charge >= 0.3 is 0 Å². The number of hydrogen-bond acceptors (Lipinski definition) is 9. The Kier molecular flexibility index (Phi) is 9.19. The topological polar surface area (TPSA) is 183 Å². The summed E-state index contributed by atoms with van der Waals surface area (Å²) < 4.78 is 7.37. The van der Waals surface area contributed by atoms with E-state index in [1.807, 2.05) is 30.3 Å². The van der Waals surface area contributed by atoms with E-state index in [9.17, 15) is 19.2 Å². The maximum absolute atomic E-state index is 12.6. The normalized spacial score (nSPS) is 16.5. The number of ketones is 1. The average molecular weight is 501 g/mol. The number of benzene rings is 1. The summed E-state index contributed by atoms with van der Waals surface area (Å²) in [6.07, 6.45) is 0.208. The molecule has 3 amide bonds. The fourth-order valence-corrected chi connectivity index (χ4v) is 3.50. The Labute approximate surface area is 208 Å². The van der Waals surface area contributed by atoms with Gasteiger partial charge in [-0.2, -0.15) is 0 Å². The molecule has 1 fully saturated rings. The van der Waals surface area contributed by atoms with Crippen LogP contribution < -0.4 is 21.7 Å². The number of rotatable bonds is 13. The van der Waals surface area contributed by atoms with Crippen LogP contribution in [0.1, 0.15) is 50.5 Å². The number of tetrazole rings is 1. The molecule has 1 aliphatic rings. The molecule has 0 radical (unpaired) electrons. The van der Waals surface area contributed by atoms with Crippen molar-refractivity contribution in [3.63, 3.8) is 0 Å². The number of carbonyl (C=O) groups excluding carboxylic acids is 4. The Morgan fingerprint density at radius 3 is 2.69 bits per heavy atom. The van der Waals surface area contributed by atoms with E-state index >= 15 is 0 Å². The fourth-order valence-electron chi connectivity index (χ4n) is 3.50. The van der Waals surface area contributed by atoms with E-state index < -0.39 is 17.6 Å². The van der Waals surface area contributed by atoms with Crippen LogP contribution in [0.15, 0.2) is 30.3 Å². The summed E-state index contributed by atoms with van der Waals surface area (Å²) in [5, 5.41) is 19.9. The van der Waals surface area contributed by atoms with Crippen LogP contribution in [0, 0.1) is 0 Å². The summed E-state index contributed by atoms with van der Waals surface area (Å²) in [5.74, 6) is -0.970. The number of Topliss-reactive ketones (excluding diaryl/α,β-unsaturated/α-hetero) is 1. The number of nitrogens with two attached hydrogens (primary N) is 1. The average Bonchev–Trinajstić information content (AvgIpc) is 3.41. The van der Waals surface area contributed by atoms with Gasteiger partial charge in [0, 0.05) is 13.1 Å². The first kappa shape index (κ1) is 26.9. The molecule has 1 aliphatic heterocycles. The van der Waals surface area contributed by atoms with Gasteiger partial charge in [0.1, 0.15) is 6.04 Å². The van der Waals surface area contributed by atoms with Crippen molar-refractivity contribution >= 4 is 23.5 Å². The summed E-state index contributed by atoms with van der Waals surface area (Å²) in [6, 6.07) is 8.20. The van der Waals surface area contributed by atoms with Gasteiger partial charge in [0.25, 0.3) is 0 Å². The second-order valence-electron chi connectivity index (χ2n) is 9.18. The Bertz CT molecular complexity index is 1070. The lowest BCUT2D eigenvalue weighted by molar-refractivity contribution is -0.126. The molecule has 1 aromatic heterocycles. The van der Waals surface area contributed by atoms with Crippen molar-refractivity contribution in [1.82, 2.24) is 36.2 Å². The van der Waals surface area contributed by atoms with Gasteiger partial charge in [0.15, 0.2) is 11.6 Å². The molecule has 0 bridgehead atoms. The molecule has 3 rings (SSSR count). The van der Waals surface area contributed by atoms with Gasteiger partial charge in [-0.1, -0.05) is 30.3 Å². The van der Waals surface area contributed by atoms with E-state index in [1.165, 1.54) is 4.68 Å². The molecule has 2 atom stereocenters. The third kappa shape index (κ3) is 7.92.